The predicted octanol–water partition coefficient (Wildman–Crippen LogP) is 3.39. The molecule has 0 saturated heterocycles. The van der Waals surface area contributed by atoms with Gasteiger partial charge in [-0.05, 0) is 37.5 Å². The Bertz CT molecular complexity index is 621. The second-order valence-electron chi connectivity index (χ2n) is 4.17. The minimum absolute atomic E-state index is 0.0576. The Hall–Kier alpha value is -1.93. The maximum atomic E-state index is 13.4. The number of halogens is 1. The van der Waals surface area contributed by atoms with Gasteiger partial charge in [0.15, 0.2) is 5.13 Å². The van der Waals surface area contributed by atoms with Crippen LogP contribution in [0.2, 0.25) is 0 Å². The van der Waals surface area contributed by atoms with E-state index in [1.165, 1.54) is 23.4 Å². The first-order chi connectivity index (χ1) is 8.76. The van der Waals surface area contributed by atoms with Gasteiger partial charge in [0, 0.05) is 10.6 Å². The molecular weight excluding hydrogens is 249 g/mol. The molecule has 0 spiro atoms. The fourth-order valence-electron chi connectivity index (χ4n) is 2.05. The van der Waals surface area contributed by atoms with Crippen molar-refractivity contribution in [3.63, 3.8) is 0 Å². The number of nitrogens with one attached hydrogen (secondary N) is 1. The van der Waals surface area contributed by atoms with Crippen molar-refractivity contribution in [2.24, 2.45) is 0 Å². The number of nitrogens with zero attached hydrogens (tertiary/aromatic N) is 2. The average molecular weight is 259 g/mol. The van der Waals surface area contributed by atoms with Gasteiger partial charge < -0.3 is 5.32 Å². The molecule has 0 saturated carbocycles. The Balaban J connectivity index is 1.84. The van der Waals surface area contributed by atoms with Gasteiger partial charge in [0.2, 0.25) is 0 Å². The van der Waals surface area contributed by atoms with E-state index in [1.807, 2.05) is 0 Å². The number of rotatable bonds is 2. The Labute approximate surface area is 108 Å². The number of hydrogen-bond donors (Lipinski definition) is 1. The number of hydrogen-bond acceptors (Lipinski definition) is 4. The van der Waals surface area contributed by atoms with Crippen molar-refractivity contribution in [3.8, 4) is 6.07 Å². The van der Waals surface area contributed by atoms with Crippen LogP contribution in [0.1, 0.15) is 22.6 Å². The van der Waals surface area contributed by atoms with Crippen LogP contribution in [0.5, 0.6) is 0 Å². The molecule has 0 radical (unpaired) electrons. The van der Waals surface area contributed by atoms with E-state index < -0.39 is 5.82 Å². The molecule has 3 rings (SSSR count). The van der Waals surface area contributed by atoms with E-state index in [0.717, 1.165) is 23.7 Å². The minimum Gasteiger partial charge on any atom is -0.331 e. The summed E-state index contributed by atoms with van der Waals surface area (Å²) < 4.78 is 13.4. The molecular formula is C13H10FN3S. The van der Waals surface area contributed by atoms with E-state index in [0.29, 0.717) is 5.69 Å². The van der Waals surface area contributed by atoms with E-state index >= 15 is 0 Å². The molecule has 1 N–H and O–H groups in total. The number of thiazole rings is 1. The largest absolute Gasteiger partial charge is 0.331 e. The van der Waals surface area contributed by atoms with Crippen molar-refractivity contribution in [1.82, 2.24) is 4.98 Å². The maximum absolute atomic E-state index is 13.4. The minimum atomic E-state index is -0.508. The van der Waals surface area contributed by atoms with E-state index in [-0.39, 0.29) is 5.56 Å². The predicted molar refractivity (Wildman–Crippen MR) is 68.5 cm³/mol. The summed E-state index contributed by atoms with van der Waals surface area (Å²) >= 11 is 1.62. The van der Waals surface area contributed by atoms with Crippen LogP contribution in [0, 0.1) is 17.1 Å². The second kappa shape index (κ2) is 4.39. The molecule has 5 heteroatoms. The fraction of sp³-hybridized carbons (Fsp3) is 0.231. The lowest BCUT2D eigenvalue weighted by atomic mass is 10.2. The van der Waals surface area contributed by atoms with E-state index in [1.54, 1.807) is 23.5 Å². The van der Waals surface area contributed by atoms with Crippen LogP contribution in [0.15, 0.2) is 18.2 Å². The van der Waals surface area contributed by atoms with Gasteiger partial charge in [0.25, 0.3) is 0 Å². The van der Waals surface area contributed by atoms with Crippen LogP contribution >= 0.6 is 11.3 Å². The molecule has 1 aromatic carbocycles. The third kappa shape index (κ3) is 1.95. The molecule has 18 heavy (non-hydrogen) atoms. The number of benzene rings is 1. The number of fused-ring (bicyclic) bond motifs is 1. The standard InChI is InChI=1S/C13H10FN3S/c14-10-6-9(5-4-8(10)7-15)16-13-17-11-2-1-3-12(11)18-13/h4-6H,1-3H2,(H,16,17). The first-order valence-electron chi connectivity index (χ1n) is 5.71. The lowest BCUT2D eigenvalue weighted by Crippen LogP contribution is -1.92. The van der Waals surface area contributed by atoms with E-state index in [9.17, 15) is 4.39 Å². The number of aryl methyl sites for hydroxylation is 2. The van der Waals surface area contributed by atoms with Gasteiger partial charge in [-0.2, -0.15) is 5.26 Å². The highest BCUT2D eigenvalue weighted by atomic mass is 32.1. The molecule has 0 atom stereocenters. The Kier molecular flexibility index (Phi) is 2.73. The fourth-order valence-corrected chi connectivity index (χ4v) is 3.12. The summed E-state index contributed by atoms with van der Waals surface area (Å²) in [6.45, 7) is 0. The van der Waals surface area contributed by atoms with Gasteiger partial charge in [-0.15, -0.1) is 11.3 Å². The van der Waals surface area contributed by atoms with Crippen molar-refractivity contribution in [1.29, 1.82) is 5.26 Å². The summed E-state index contributed by atoms with van der Waals surface area (Å²) in [7, 11) is 0. The van der Waals surface area contributed by atoms with Crippen molar-refractivity contribution in [2.75, 3.05) is 5.32 Å². The number of anilines is 2. The quantitative estimate of drug-likeness (QED) is 0.899. The zero-order valence-corrected chi connectivity index (χ0v) is 10.4. The van der Waals surface area contributed by atoms with Crippen LogP contribution < -0.4 is 5.32 Å². The molecule has 3 nitrogen and oxygen atoms in total. The van der Waals surface area contributed by atoms with Crippen molar-refractivity contribution < 1.29 is 4.39 Å². The SMILES string of the molecule is N#Cc1ccc(Nc2nc3c(s2)CCC3)cc1F. The zero-order valence-electron chi connectivity index (χ0n) is 9.53. The first-order valence-corrected chi connectivity index (χ1v) is 6.53. The first kappa shape index (κ1) is 11.2. The topological polar surface area (TPSA) is 48.7 Å². The van der Waals surface area contributed by atoms with Gasteiger partial charge in [-0.25, -0.2) is 9.37 Å². The lowest BCUT2D eigenvalue weighted by Gasteiger charge is -2.03. The molecule has 0 fully saturated rings. The molecule has 2 aromatic rings. The normalized spacial score (nSPS) is 13.1. The highest BCUT2D eigenvalue weighted by Gasteiger charge is 2.16. The third-order valence-corrected chi connectivity index (χ3v) is 4.01. The molecule has 1 aromatic heterocycles. The van der Waals surface area contributed by atoms with Gasteiger partial charge in [0.1, 0.15) is 11.9 Å². The van der Waals surface area contributed by atoms with Crippen molar-refractivity contribution in [2.45, 2.75) is 19.3 Å². The van der Waals surface area contributed by atoms with Gasteiger partial charge >= 0.3 is 0 Å². The highest BCUT2D eigenvalue weighted by molar-refractivity contribution is 7.15. The summed E-state index contributed by atoms with van der Waals surface area (Å²) in [5.74, 6) is -0.508. The maximum Gasteiger partial charge on any atom is 0.187 e. The molecule has 1 aliphatic rings. The van der Waals surface area contributed by atoms with Gasteiger partial charge in [0.05, 0.1) is 11.3 Å². The van der Waals surface area contributed by atoms with Crippen LogP contribution in [-0.4, -0.2) is 4.98 Å². The second-order valence-corrected chi connectivity index (χ2v) is 5.26. The summed E-state index contributed by atoms with van der Waals surface area (Å²) in [6.07, 6.45) is 3.31. The summed E-state index contributed by atoms with van der Waals surface area (Å²) in [5.41, 5.74) is 1.85. The van der Waals surface area contributed by atoms with Crippen LogP contribution in [0.3, 0.4) is 0 Å². The lowest BCUT2D eigenvalue weighted by molar-refractivity contribution is 0.624. The van der Waals surface area contributed by atoms with E-state index in [2.05, 4.69) is 10.3 Å². The van der Waals surface area contributed by atoms with Gasteiger partial charge in [-0.3, -0.25) is 0 Å². The molecule has 1 heterocycles. The Morgan fingerprint density at radius 3 is 3.00 bits per heavy atom. The summed E-state index contributed by atoms with van der Waals surface area (Å²) in [6, 6.07) is 6.29. The average Bonchev–Trinajstić information content (AvgIpc) is 2.90. The van der Waals surface area contributed by atoms with Crippen LogP contribution in [-0.2, 0) is 12.8 Å². The smallest absolute Gasteiger partial charge is 0.187 e. The summed E-state index contributed by atoms with van der Waals surface area (Å²) in [4.78, 5) is 5.80. The molecule has 1 aliphatic carbocycles. The summed E-state index contributed by atoms with van der Waals surface area (Å²) in [5, 5.41) is 12.5. The van der Waals surface area contributed by atoms with Crippen molar-refractivity contribution >= 4 is 22.2 Å². The Morgan fingerprint density at radius 2 is 2.28 bits per heavy atom. The molecule has 0 aliphatic heterocycles. The van der Waals surface area contributed by atoms with Crippen LogP contribution in [0.25, 0.3) is 0 Å². The zero-order chi connectivity index (χ0) is 12.5. The molecule has 0 bridgehead atoms. The number of nitriles is 1. The monoisotopic (exact) mass is 259 g/mol. The van der Waals surface area contributed by atoms with Crippen LogP contribution in [0.4, 0.5) is 15.2 Å². The van der Waals surface area contributed by atoms with Crippen molar-refractivity contribution in [3.05, 3.63) is 40.2 Å². The molecule has 90 valence electrons. The molecule has 0 unspecified atom stereocenters. The van der Waals surface area contributed by atoms with Gasteiger partial charge in [-0.1, -0.05) is 0 Å². The highest BCUT2D eigenvalue weighted by Crippen LogP contribution is 2.32. The third-order valence-electron chi connectivity index (χ3n) is 2.94. The Morgan fingerprint density at radius 1 is 1.39 bits per heavy atom. The molecule has 0 amide bonds. The van der Waals surface area contributed by atoms with E-state index in [4.69, 9.17) is 5.26 Å². The number of aromatic nitrogens is 1.